The van der Waals surface area contributed by atoms with Crippen LogP contribution < -0.4 is 0 Å². The van der Waals surface area contributed by atoms with Crippen molar-refractivity contribution in [3.63, 3.8) is 0 Å². The van der Waals surface area contributed by atoms with Crippen LogP contribution in [0.3, 0.4) is 0 Å². The number of halogens is 2. The summed E-state index contributed by atoms with van der Waals surface area (Å²) < 4.78 is 0. The molecule has 0 aliphatic heterocycles. The first-order chi connectivity index (χ1) is 15.6. The van der Waals surface area contributed by atoms with Gasteiger partial charge in [-0.15, -0.1) is 0 Å². The van der Waals surface area contributed by atoms with E-state index in [1.165, 1.54) is 0 Å². The van der Waals surface area contributed by atoms with Gasteiger partial charge in [-0.1, -0.05) is 108 Å². The van der Waals surface area contributed by atoms with Gasteiger partial charge in [-0.3, -0.25) is 4.79 Å². The Hall–Kier alpha value is -3.07. The van der Waals surface area contributed by atoms with Crippen LogP contribution >= 0.6 is 23.2 Å². The van der Waals surface area contributed by atoms with Crippen LogP contribution in [0.5, 0.6) is 0 Å². The number of rotatable bonds is 7. The minimum Gasteiger partial charge on any atom is -0.334 e. The standard InChI is InChI=1S/C28H23Cl2NO/c29-25-15-24(16-26(30)18-25)27-14-8-7-13-23(27)17-28(32)31(19-21-9-3-1-4-10-21)20-22-11-5-2-6-12-22/h1-16,18H,17,19-20H2. The van der Waals surface area contributed by atoms with Crippen LogP contribution in [0.4, 0.5) is 0 Å². The fourth-order valence-corrected chi connectivity index (χ4v) is 4.31. The molecule has 0 atom stereocenters. The van der Waals surface area contributed by atoms with Crippen molar-refractivity contribution in [3.05, 3.63) is 130 Å². The van der Waals surface area contributed by atoms with Gasteiger partial charge in [-0.25, -0.2) is 0 Å². The Labute approximate surface area is 199 Å². The number of carbonyl (C=O) groups excluding carboxylic acids is 1. The first-order valence-corrected chi connectivity index (χ1v) is 11.2. The number of benzene rings is 4. The zero-order valence-corrected chi connectivity index (χ0v) is 19.1. The van der Waals surface area contributed by atoms with E-state index in [1.807, 2.05) is 102 Å². The van der Waals surface area contributed by atoms with Gasteiger partial charge in [0.15, 0.2) is 0 Å². The smallest absolute Gasteiger partial charge is 0.227 e. The van der Waals surface area contributed by atoms with Crippen LogP contribution in [-0.4, -0.2) is 10.8 Å². The first kappa shape index (κ1) is 22.1. The quantitative estimate of drug-likeness (QED) is 0.281. The Kier molecular flexibility index (Phi) is 7.26. The summed E-state index contributed by atoms with van der Waals surface area (Å²) in [5.41, 5.74) is 5.02. The third-order valence-electron chi connectivity index (χ3n) is 5.32. The molecule has 0 fully saturated rings. The zero-order chi connectivity index (χ0) is 22.3. The van der Waals surface area contributed by atoms with Crippen LogP contribution in [0.1, 0.15) is 16.7 Å². The first-order valence-electron chi connectivity index (χ1n) is 10.5. The summed E-state index contributed by atoms with van der Waals surface area (Å²) in [5, 5.41) is 1.15. The van der Waals surface area contributed by atoms with Gasteiger partial charge in [0.05, 0.1) is 6.42 Å². The highest BCUT2D eigenvalue weighted by Crippen LogP contribution is 2.30. The van der Waals surface area contributed by atoms with Crippen molar-refractivity contribution in [1.29, 1.82) is 0 Å². The van der Waals surface area contributed by atoms with E-state index in [2.05, 4.69) is 0 Å². The largest absolute Gasteiger partial charge is 0.334 e. The SMILES string of the molecule is O=C(Cc1ccccc1-c1cc(Cl)cc(Cl)c1)N(Cc1ccccc1)Cc1ccccc1. The molecule has 0 unspecified atom stereocenters. The fourth-order valence-electron chi connectivity index (χ4n) is 3.78. The average molecular weight is 460 g/mol. The number of hydrogen-bond donors (Lipinski definition) is 0. The summed E-state index contributed by atoms with van der Waals surface area (Å²) in [6.07, 6.45) is 0.292. The normalized spacial score (nSPS) is 10.7. The number of amides is 1. The van der Waals surface area contributed by atoms with Gasteiger partial charge in [0.25, 0.3) is 0 Å². The second kappa shape index (κ2) is 10.5. The van der Waals surface area contributed by atoms with Crippen LogP contribution in [0.2, 0.25) is 10.0 Å². The van der Waals surface area contributed by atoms with E-state index in [-0.39, 0.29) is 5.91 Å². The molecule has 1 amide bonds. The Morgan fingerprint density at radius 1 is 0.656 bits per heavy atom. The van der Waals surface area contributed by atoms with Crippen molar-refractivity contribution in [1.82, 2.24) is 4.90 Å². The summed E-state index contributed by atoms with van der Waals surface area (Å²) in [6, 6.07) is 33.5. The van der Waals surface area contributed by atoms with Crippen molar-refractivity contribution in [2.24, 2.45) is 0 Å². The minimum absolute atomic E-state index is 0.0679. The minimum atomic E-state index is 0.0679. The van der Waals surface area contributed by atoms with Gasteiger partial charge >= 0.3 is 0 Å². The molecule has 4 aromatic rings. The molecule has 4 heteroatoms. The van der Waals surface area contributed by atoms with E-state index in [1.54, 1.807) is 6.07 Å². The lowest BCUT2D eigenvalue weighted by atomic mass is 9.97. The average Bonchev–Trinajstić information content (AvgIpc) is 2.80. The predicted molar refractivity (Wildman–Crippen MR) is 133 cm³/mol. The molecule has 0 radical (unpaired) electrons. The summed E-state index contributed by atoms with van der Waals surface area (Å²) in [5.74, 6) is 0.0679. The van der Waals surface area contributed by atoms with E-state index in [0.717, 1.165) is 27.8 Å². The Morgan fingerprint density at radius 3 is 1.72 bits per heavy atom. The van der Waals surface area contributed by atoms with Gasteiger partial charge in [-0.2, -0.15) is 0 Å². The molecule has 0 spiro atoms. The van der Waals surface area contributed by atoms with E-state index in [4.69, 9.17) is 23.2 Å². The van der Waals surface area contributed by atoms with Crippen molar-refractivity contribution in [2.75, 3.05) is 0 Å². The molecule has 0 heterocycles. The molecule has 160 valence electrons. The molecule has 0 aliphatic rings. The molecule has 32 heavy (non-hydrogen) atoms. The van der Waals surface area contributed by atoms with Crippen molar-refractivity contribution >= 4 is 29.1 Å². The molecule has 4 aromatic carbocycles. The highest BCUT2D eigenvalue weighted by molar-refractivity contribution is 6.35. The van der Waals surface area contributed by atoms with E-state index in [9.17, 15) is 4.79 Å². The van der Waals surface area contributed by atoms with Crippen LogP contribution in [0, 0.1) is 0 Å². The predicted octanol–water partition coefficient (Wildman–Crippen LogP) is 7.43. The van der Waals surface area contributed by atoms with E-state index < -0.39 is 0 Å². The Morgan fingerprint density at radius 2 is 1.16 bits per heavy atom. The Balaban J connectivity index is 1.62. The lowest BCUT2D eigenvalue weighted by Gasteiger charge is -2.24. The summed E-state index contributed by atoms with van der Waals surface area (Å²) >= 11 is 12.5. The van der Waals surface area contributed by atoms with Gasteiger partial charge in [0, 0.05) is 23.1 Å². The second-order valence-corrected chi connectivity index (χ2v) is 8.59. The van der Waals surface area contributed by atoms with Crippen LogP contribution in [0.15, 0.2) is 103 Å². The third kappa shape index (κ3) is 5.79. The molecule has 0 aromatic heterocycles. The monoisotopic (exact) mass is 459 g/mol. The number of hydrogen-bond acceptors (Lipinski definition) is 1. The van der Waals surface area contributed by atoms with Crippen LogP contribution in [0.25, 0.3) is 11.1 Å². The molecule has 0 saturated heterocycles. The lowest BCUT2D eigenvalue weighted by molar-refractivity contribution is -0.131. The second-order valence-electron chi connectivity index (χ2n) is 7.71. The van der Waals surface area contributed by atoms with Crippen LogP contribution in [-0.2, 0) is 24.3 Å². The molecular formula is C28H23Cl2NO. The fraction of sp³-hybridized carbons (Fsp3) is 0.107. The molecule has 0 saturated carbocycles. The van der Waals surface area contributed by atoms with Gasteiger partial charge in [0.2, 0.25) is 5.91 Å². The Bertz CT molecular complexity index is 1130. The van der Waals surface area contributed by atoms with Crippen molar-refractivity contribution in [2.45, 2.75) is 19.5 Å². The van der Waals surface area contributed by atoms with E-state index >= 15 is 0 Å². The lowest BCUT2D eigenvalue weighted by Crippen LogP contribution is -2.31. The number of nitrogens with zero attached hydrogens (tertiary/aromatic N) is 1. The molecule has 2 nitrogen and oxygen atoms in total. The van der Waals surface area contributed by atoms with Crippen molar-refractivity contribution in [3.8, 4) is 11.1 Å². The van der Waals surface area contributed by atoms with Crippen molar-refractivity contribution < 1.29 is 4.79 Å². The maximum absolute atomic E-state index is 13.5. The summed E-state index contributed by atoms with van der Waals surface area (Å²) in [6.45, 7) is 1.11. The maximum atomic E-state index is 13.5. The van der Waals surface area contributed by atoms with Gasteiger partial charge in [0.1, 0.15) is 0 Å². The maximum Gasteiger partial charge on any atom is 0.227 e. The number of carbonyl (C=O) groups is 1. The zero-order valence-electron chi connectivity index (χ0n) is 17.5. The third-order valence-corrected chi connectivity index (χ3v) is 5.75. The van der Waals surface area contributed by atoms with Gasteiger partial charge in [-0.05, 0) is 46.0 Å². The summed E-state index contributed by atoms with van der Waals surface area (Å²) in [4.78, 5) is 15.4. The van der Waals surface area contributed by atoms with Gasteiger partial charge < -0.3 is 4.90 Å². The topological polar surface area (TPSA) is 20.3 Å². The molecule has 0 aliphatic carbocycles. The highest BCUT2D eigenvalue weighted by atomic mass is 35.5. The molecular weight excluding hydrogens is 437 g/mol. The molecule has 0 N–H and O–H groups in total. The molecule has 0 bridgehead atoms. The summed E-state index contributed by atoms with van der Waals surface area (Å²) in [7, 11) is 0. The molecule has 4 rings (SSSR count). The highest BCUT2D eigenvalue weighted by Gasteiger charge is 2.17. The van der Waals surface area contributed by atoms with E-state index in [0.29, 0.717) is 29.6 Å².